The van der Waals surface area contributed by atoms with E-state index < -0.39 is 48.6 Å². The van der Waals surface area contributed by atoms with Gasteiger partial charge in [-0.15, -0.1) is 10.2 Å². The second-order valence-corrected chi connectivity index (χ2v) is 5.43. The van der Waals surface area contributed by atoms with E-state index in [0.717, 1.165) is 0 Å². The summed E-state index contributed by atoms with van der Waals surface area (Å²) < 4.78 is 5.28. The van der Waals surface area contributed by atoms with E-state index in [4.69, 9.17) is 21.0 Å². The minimum absolute atomic E-state index is 0.0846. The topological polar surface area (TPSA) is 207 Å². The Morgan fingerprint density at radius 2 is 1.84 bits per heavy atom. The summed E-state index contributed by atoms with van der Waals surface area (Å²) in [6.07, 6.45) is -1.32. The van der Waals surface area contributed by atoms with Gasteiger partial charge in [0, 0.05) is 0 Å². The molecule has 1 rings (SSSR count). The lowest BCUT2D eigenvalue weighted by atomic mass is 10.2. The fourth-order valence-electron chi connectivity index (χ4n) is 1.76. The molecule has 140 valence electrons. The van der Waals surface area contributed by atoms with E-state index in [0.29, 0.717) is 0 Å². The average molecular weight is 358 g/mol. The number of aliphatic hydroxyl groups excluding tert-OH is 2. The molecule has 0 fully saturated rings. The summed E-state index contributed by atoms with van der Waals surface area (Å²) in [7, 11) is 0. The van der Waals surface area contributed by atoms with Crippen molar-refractivity contribution in [3.63, 3.8) is 0 Å². The zero-order valence-corrected chi connectivity index (χ0v) is 13.8. The average Bonchev–Trinajstić information content (AvgIpc) is 3.00. The number of nitrogens with two attached hydrogens (primary N) is 2. The van der Waals surface area contributed by atoms with Gasteiger partial charge in [-0.05, 0) is 13.8 Å². The highest BCUT2D eigenvalue weighted by atomic mass is 16.4. The first kappa shape index (κ1) is 20.5. The Labute approximate surface area is 143 Å². The molecule has 0 aliphatic carbocycles. The van der Waals surface area contributed by atoms with Crippen LogP contribution in [0.4, 0.5) is 4.79 Å². The maximum atomic E-state index is 11.9. The molecule has 12 heteroatoms. The van der Waals surface area contributed by atoms with Crippen molar-refractivity contribution in [1.29, 1.82) is 0 Å². The van der Waals surface area contributed by atoms with Gasteiger partial charge < -0.3 is 36.7 Å². The fraction of sp³-hybridized carbons (Fsp3) is 0.615. The minimum Gasteiger partial charge on any atom is -0.421 e. The first-order chi connectivity index (χ1) is 11.6. The van der Waals surface area contributed by atoms with Gasteiger partial charge in [0.2, 0.25) is 17.7 Å². The second-order valence-electron chi connectivity index (χ2n) is 5.43. The highest BCUT2D eigenvalue weighted by molar-refractivity contribution is 5.87. The zero-order chi connectivity index (χ0) is 19.1. The summed E-state index contributed by atoms with van der Waals surface area (Å²) >= 11 is 0. The molecular weight excluding hydrogens is 336 g/mol. The van der Waals surface area contributed by atoms with E-state index in [-0.39, 0.29) is 18.2 Å². The van der Waals surface area contributed by atoms with E-state index in [1.165, 1.54) is 13.8 Å². The number of nitrogens with zero attached hydrogens (tertiary/aromatic N) is 2. The Bertz CT molecular complexity index is 618. The van der Waals surface area contributed by atoms with Crippen molar-refractivity contribution in [2.24, 2.45) is 11.5 Å². The number of nitrogens with one attached hydrogen (secondary N) is 2. The third-order valence-corrected chi connectivity index (χ3v) is 3.25. The van der Waals surface area contributed by atoms with Crippen LogP contribution in [0.15, 0.2) is 4.42 Å². The Morgan fingerprint density at radius 3 is 2.32 bits per heavy atom. The normalized spacial score (nSPS) is 15.7. The van der Waals surface area contributed by atoms with Gasteiger partial charge in [0.15, 0.2) is 5.78 Å². The van der Waals surface area contributed by atoms with Crippen LogP contribution in [0.3, 0.4) is 0 Å². The Balaban J connectivity index is 2.89. The van der Waals surface area contributed by atoms with Gasteiger partial charge >= 0.3 is 6.03 Å². The number of primary amides is 1. The molecule has 0 aliphatic heterocycles. The second kappa shape index (κ2) is 9.05. The van der Waals surface area contributed by atoms with E-state index in [1.54, 1.807) is 0 Å². The first-order valence-corrected chi connectivity index (χ1v) is 7.39. The number of carbonyl (C=O) groups is 3. The first-order valence-electron chi connectivity index (χ1n) is 7.39. The van der Waals surface area contributed by atoms with Gasteiger partial charge in [-0.2, -0.15) is 0 Å². The van der Waals surface area contributed by atoms with Crippen LogP contribution in [0.2, 0.25) is 0 Å². The molecule has 12 nitrogen and oxygen atoms in total. The zero-order valence-electron chi connectivity index (χ0n) is 13.8. The molecule has 4 atom stereocenters. The van der Waals surface area contributed by atoms with Crippen LogP contribution in [0.1, 0.15) is 44.1 Å². The molecule has 1 aromatic heterocycles. The van der Waals surface area contributed by atoms with Crippen molar-refractivity contribution in [2.75, 3.05) is 6.61 Å². The number of aromatic nitrogens is 2. The summed E-state index contributed by atoms with van der Waals surface area (Å²) in [4.78, 5) is 34.4. The molecule has 1 heterocycles. The van der Waals surface area contributed by atoms with Gasteiger partial charge in [-0.1, -0.05) is 0 Å². The summed E-state index contributed by atoms with van der Waals surface area (Å²) in [5, 5.41) is 30.4. The smallest absolute Gasteiger partial charge is 0.316 e. The van der Waals surface area contributed by atoms with Crippen molar-refractivity contribution in [1.82, 2.24) is 20.8 Å². The largest absolute Gasteiger partial charge is 0.421 e. The summed E-state index contributed by atoms with van der Waals surface area (Å²) in [5.41, 5.74) is 10.8. The SMILES string of the molecule is CC(=O)[C@H](CO)NC(=O)N[C@@H](CC(N)=O)c1nnc([C@@H](N)C(C)O)o1. The van der Waals surface area contributed by atoms with E-state index >= 15 is 0 Å². The summed E-state index contributed by atoms with van der Waals surface area (Å²) in [6.45, 7) is 2.04. The van der Waals surface area contributed by atoms with Crippen LogP contribution < -0.4 is 22.1 Å². The van der Waals surface area contributed by atoms with E-state index in [9.17, 15) is 19.5 Å². The number of amides is 3. The number of hydrogen-bond donors (Lipinski definition) is 6. The lowest BCUT2D eigenvalue weighted by molar-refractivity contribution is -0.120. The van der Waals surface area contributed by atoms with Gasteiger partial charge in [-0.3, -0.25) is 9.59 Å². The highest BCUT2D eigenvalue weighted by Crippen LogP contribution is 2.19. The van der Waals surface area contributed by atoms with Crippen LogP contribution in [0, 0.1) is 0 Å². The minimum atomic E-state index is -1.10. The maximum Gasteiger partial charge on any atom is 0.316 e. The van der Waals surface area contributed by atoms with E-state index in [1.807, 2.05) is 0 Å². The Morgan fingerprint density at radius 1 is 1.24 bits per heavy atom. The lowest BCUT2D eigenvalue weighted by Gasteiger charge is -2.17. The molecule has 1 unspecified atom stereocenters. The molecule has 25 heavy (non-hydrogen) atoms. The van der Waals surface area contributed by atoms with Crippen molar-refractivity contribution in [3.05, 3.63) is 11.8 Å². The molecule has 3 amide bonds. The van der Waals surface area contributed by atoms with E-state index in [2.05, 4.69) is 20.8 Å². The third-order valence-electron chi connectivity index (χ3n) is 3.25. The molecule has 0 aromatic carbocycles. The number of rotatable bonds is 9. The number of aliphatic hydroxyl groups is 2. The Kier molecular flexibility index (Phi) is 7.42. The monoisotopic (exact) mass is 358 g/mol. The number of carbonyl (C=O) groups excluding carboxylic acids is 3. The molecule has 1 aromatic rings. The third kappa shape index (κ3) is 6.10. The molecule has 0 aliphatic rings. The maximum absolute atomic E-state index is 11.9. The van der Waals surface area contributed by atoms with Crippen molar-refractivity contribution in [2.45, 2.75) is 44.5 Å². The van der Waals surface area contributed by atoms with Gasteiger partial charge in [0.1, 0.15) is 18.1 Å². The van der Waals surface area contributed by atoms with Crippen LogP contribution in [-0.2, 0) is 9.59 Å². The molecule has 0 saturated heterocycles. The molecule has 0 bridgehead atoms. The molecule has 0 saturated carbocycles. The number of hydrogen-bond acceptors (Lipinski definition) is 9. The summed E-state index contributed by atoms with van der Waals surface area (Å²) in [5.74, 6) is -1.44. The predicted octanol–water partition coefficient (Wildman–Crippen LogP) is -2.38. The lowest BCUT2D eigenvalue weighted by Crippen LogP contribution is -2.48. The van der Waals surface area contributed by atoms with Gasteiger partial charge in [0.05, 0.1) is 19.1 Å². The number of Topliss-reactive ketones (excluding diaryl/α,β-unsaturated/α-hetero) is 1. The van der Waals surface area contributed by atoms with Crippen molar-refractivity contribution < 1.29 is 29.0 Å². The van der Waals surface area contributed by atoms with Crippen LogP contribution in [0.5, 0.6) is 0 Å². The fourth-order valence-corrected chi connectivity index (χ4v) is 1.76. The summed E-state index contributed by atoms with van der Waals surface area (Å²) in [6, 6.07) is -3.97. The van der Waals surface area contributed by atoms with Crippen LogP contribution >= 0.6 is 0 Å². The number of ketones is 1. The standard InChI is InChI=1S/C13H22N6O6/c1-5(21)8(4-20)17-13(24)16-7(3-9(14)23)11-18-19-12(25-11)10(15)6(2)22/h6-8,10,20,22H,3-4,15H2,1-2H3,(H2,14,23)(H2,16,17,24)/t6?,7-,8-,10-/m0/s1. The number of urea groups is 1. The van der Waals surface area contributed by atoms with Crippen LogP contribution in [-0.4, -0.2) is 56.9 Å². The highest BCUT2D eigenvalue weighted by Gasteiger charge is 2.27. The molecule has 0 spiro atoms. The molecule has 8 N–H and O–H groups in total. The van der Waals surface area contributed by atoms with Crippen molar-refractivity contribution >= 4 is 17.7 Å². The molecular formula is C13H22N6O6. The predicted molar refractivity (Wildman–Crippen MR) is 82.7 cm³/mol. The quantitative estimate of drug-likeness (QED) is 0.278. The Hall–Kier alpha value is -2.57. The van der Waals surface area contributed by atoms with Crippen molar-refractivity contribution in [3.8, 4) is 0 Å². The van der Waals surface area contributed by atoms with Gasteiger partial charge in [0.25, 0.3) is 0 Å². The van der Waals surface area contributed by atoms with Gasteiger partial charge in [-0.25, -0.2) is 4.79 Å². The molecule has 0 radical (unpaired) electrons. The van der Waals surface area contributed by atoms with Crippen LogP contribution in [0.25, 0.3) is 0 Å².